The Bertz CT molecular complexity index is 293. The predicted molar refractivity (Wildman–Crippen MR) is 69.5 cm³/mol. The fourth-order valence-electron chi connectivity index (χ4n) is 3.01. The second kappa shape index (κ2) is 4.60. The molecule has 17 heavy (non-hydrogen) atoms. The molecule has 3 heteroatoms. The molecule has 1 amide bonds. The summed E-state index contributed by atoms with van der Waals surface area (Å²) < 4.78 is 0. The second-order valence-corrected chi connectivity index (χ2v) is 6.47. The van der Waals surface area contributed by atoms with Crippen LogP contribution in [0.3, 0.4) is 0 Å². The SMILES string of the molecule is CC1(C(=O)NC(C)(CN)C2CC2)CCCCC1. The molecule has 2 saturated carbocycles. The van der Waals surface area contributed by atoms with Gasteiger partial charge in [0.05, 0.1) is 5.54 Å². The van der Waals surface area contributed by atoms with Gasteiger partial charge in [-0.3, -0.25) is 4.79 Å². The highest BCUT2D eigenvalue weighted by Crippen LogP contribution is 2.41. The van der Waals surface area contributed by atoms with E-state index in [1.54, 1.807) is 0 Å². The van der Waals surface area contributed by atoms with Gasteiger partial charge in [-0.05, 0) is 38.5 Å². The molecule has 3 N–H and O–H groups in total. The zero-order valence-corrected chi connectivity index (χ0v) is 11.2. The second-order valence-electron chi connectivity index (χ2n) is 6.47. The third-order valence-electron chi connectivity index (χ3n) is 4.81. The molecule has 0 aromatic heterocycles. The summed E-state index contributed by atoms with van der Waals surface area (Å²) in [4.78, 5) is 12.5. The van der Waals surface area contributed by atoms with Crippen LogP contribution in [0.1, 0.15) is 58.8 Å². The van der Waals surface area contributed by atoms with Gasteiger partial charge in [-0.25, -0.2) is 0 Å². The van der Waals surface area contributed by atoms with Crippen molar-refractivity contribution >= 4 is 5.91 Å². The standard InChI is InChI=1S/C14H26N2O/c1-13(8-4-3-5-9-13)12(17)16-14(2,10-15)11-6-7-11/h11H,3-10,15H2,1-2H3,(H,16,17). The molecule has 2 aliphatic carbocycles. The van der Waals surface area contributed by atoms with Gasteiger partial charge in [-0.2, -0.15) is 0 Å². The number of nitrogens with one attached hydrogen (secondary N) is 1. The van der Waals surface area contributed by atoms with Crippen LogP contribution in [0.4, 0.5) is 0 Å². The zero-order chi connectivity index (χ0) is 12.5. The summed E-state index contributed by atoms with van der Waals surface area (Å²) in [5, 5.41) is 3.25. The van der Waals surface area contributed by atoms with Gasteiger partial charge in [-0.15, -0.1) is 0 Å². The molecule has 98 valence electrons. The molecule has 2 fully saturated rings. The molecule has 0 aromatic carbocycles. The fourth-order valence-corrected chi connectivity index (χ4v) is 3.01. The van der Waals surface area contributed by atoms with Crippen LogP contribution < -0.4 is 11.1 Å². The molecule has 3 nitrogen and oxygen atoms in total. The monoisotopic (exact) mass is 238 g/mol. The lowest BCUT2D eigenvalue weighted by molar-refractivity contribution is -0.134. The van der Waals surface area contributed by atoms with Gasteiger partial charge in [0.25, 0.3) is 0 Å². The van der Waals surface area contributed by atoms with E-state index in [4.69, 9.17) is 5.73 Å². The van der Waals surface area contributed by atoms with E-state index in [2.05, 4.69) is 19.2 Å². The van der Waals surface area contributed by atoms with Gasteiger partial charge < -0.3 is 11.1 Å². The summed E-state index contributed by atoms with van der Waals surface area (Å²) in [6, 6.07) is 0. The summed E-state index contributed by atoms with van der Waals surface area (Å²) in [5.41, 5.74) is 5.54. The van der Waals surface area contributed by atoms with Crippen LogP contribution in [0.25, 0.3) is 0 Å². The van der Waals surface area contributed by atoms with E-state index in [1.165, 1.54) is 32.1 Å². The van der Waals surface area contributed by atoms with Crippen molar-refractivity contribution in [1.82, 2.24) is 5.32 Å². The van der Waals surface area contributed by atoms with Gasteiger partial charge in [0.15, 0.2) is 0 Å². The van der Waals surface area contributed by atoms with Crippen molar-refractivity contribution in [3.8, 4) is 0 Å². The maximum absolute atomic E-state index is 12.5. The first-order valence-corrected chi connectivity index (χ1v) is 7.03. The van der Waals surface area contributed by atoms with E-state index < -0.39 is 0 Å². The third-order valence-corrected chi connectivity index (χ3v) is 4.81. The molecule has 0 radical (unpaired) electrons. The molecule has 0 saturated heterocycles. The molecule has 1 atom stereocenters. The Morgan fingerprint density at radius 1 is 1.35 bits per heavy atom. The van der Waals surface area contributed by atoms with Crippen molar-refractivity contribution in [3.63, 3.8) is 0 Å². The van der Waals surface area contributed by atoms with E-state index in [0.717, 1.165) is 12.8 Å². The Morgan fingerprint density at radius 2 is 1.94 bits per heavy atom. The van der Waals surface area contributed by atoms with E-state index in [-0.39, 0.29) is 16.9 Å². The molecule has 0 aliphatic heterocycles. The van der Waals surface area contributed by atoms with E-state index >= 15 is 0 Å². The van der Waals surface area contributed by atoms with Gasteiger partial charge in [0, 0.05) is 12.0 Å². The maximum Gasteiger partial charge on any atom is 0.226 e. The van der Waals surface area contributed by atoms with Crippen molar-refractivity contribution in [1.29, 1.82) is 0 Å². The van der Waals surface area contributed by atoms with Crippen molar-refractivity contribution in [2.75, 3.05) is 6.54 Å². The van der Waals surface area contributed by atoms with Crippen molar-refractivity contribution < 1.29 is 4.79 Å². The smallest absolute Gasteiger partial charge is 0.226 e. The summed E-state index contributed by atoms with van der Waals surface area (Å²) in [7, 11) is 0. The predicted octanol–water partition coefficient (Wildman–Crippen LogP) is 2.20. The first-order valence-electron chi connectivity index (χ1n) is 7.03. The van der Waals surface area contributed by atoms with Crippen LogP contribution in [0.15, 0.2) is 0 Å². The fraction of sp³-hybridized carbons (Fsp3) is 0.929. The number of rotatable bonds is 4. The van der Waals surface area contributed by atoms with E-state index in [0.29, 0.717) is 12.5 Å². The first-order chi connectivity index (χ1) is 8.00. The Labute approximate surface area is 105 Å². The highest BCUT2D eigenvalue weighted by atomic mass is 16.2. The summed E-state index contributed by atoms with van der Waals surface area (Å²) in [5.74, 6) is 0.834. The molecule has 0 bridgehead atoms. The minimum absolute atomic E-state index is 0.149. The van der Waals surface area contributed by atoms with Crippen LogP contribution in [0.5, 0.6) is 0 Å². The quantitative estimate of drug-likeness (QED) is 0.789. The molecule has 2 aliphatic rings. The number of carbonyl (C=O) groups is 1. The third kappa shape index (κ3) is 2.65. The Balaban J connectivity index is 1.99. The molecule has 0 aromatic rings. The van der Waals surface area contributed by atoms with E-state index in [9.17, 15) is 4.79 Å². The molecule has 2 rings (SSSR count). The highest BCUT2D eigenvalue weighted by Gasteiger charge is 2.44. The molecule has 0 spiro atoms. The van der Waals surface area contributed by atoms with Gasteiger partial charge >= 0.3 is 0 Å². The number of hydrogen-bond donors (Lipinski definition) is 2. The molecular formula is C14H26N2O. The first kappa shape index (κ1) is 12.9. The van der Waals surface area contributed by atoms with Crippen molar-refractivity contribution in [2.45, 2.75) is 64.3 Å². The molecule has 0 heterocycles. The van der Waals surface area contributed by atoms with Gasteiger partial charge in [0.1, 0.15) is 0 Å². The summed E-state index contributed by atoms with van der Waals surface area (Å²) >= 11 is 0. The lowest BCUT2D eigenvalue weighted by atomic mass is 9.74. The van der Waals surface area contributed by atoms with Crippen LogP contribution in [-0.4, -0.2) is 18.0 Å². The van der Waals surface area contributed by atoms with E-state index in [1.807, 2.05) is 0 Å². The number of carbonyl (C=O) groups excluding carboxylic acids is 1. The highest BCUT2D eigenvalue weighted by molar-refractivity contribution is 5.83. The van der Waals surface area contributed by atoms with Gasteiger partial charge in [-0.1, -0.05) is 26.2 Å². The molecule has 1 unspecified atom stereocenters. The minimum atomic E-state index is -0.169. The minimum Gasteiger partial charge on any atom is -0.349 e. The normalized spacial score (nSPS) is 27.2. The Morgan fingerprint density at radius 3 is 2.41 bits per heavy atom. The lowest BCUT2D eigenvalue weighted by Gasteiger charge is -2.37. The van der Waals surface area contributed by atoms with Crippen LogP contribution >= 0.6 is 0 Å². The summed E-state index contributed by atoms with van der Waals surface area (Å²) in [6.07, 6.45) is 8.14. The number of nitrogens with two attached hydrogens (primary N) is 1. The van der Waals surface area contributed by atoms with Crippen LogP contribution in [-0.2, 0) is 4.79 Å². The topological polar surface area (TPSA) is 55.1 Å². The lowest BCUT2D eigenvalue weighted by Crippen LogP contribution is -2.57. The van der Waals surface area contributed by atoms with Crippen molar-refractivity contribution in [2.24, 2.45) is 17.1 Å². The Kier molecular flexibility index (Phi) is 3.48. The zero-order valence-electron chi connectivity index (χ0n) is 11.2. The average molecular weight is 238 g/mol. The number of hydrogen-bond acceptors (Lipinski definition) is 2. The van der Waals surface area contributed by atoms with Crippen LogP contribution in [0, 0.1) is 11.3 Å². The average Bonchev–Trinajstić information content (AvgIpc) is 3.14. The maximum atomic E-state index is 12.5. The van der Waals surface area contributed by atoms with Crippen LogP contribution in [0.2, 0.25) is 0 Å². The van der Waals surface area contributed by atoms with Crippen molar-refractivity contribution in [3.05, 3.63) is 0 Å². The number of amides is 1. The Hall–Kier alpha value is -0.570. The van der Waals surface area contributed by atoms with Gasteiger partial charge in [0.2, 0.25) is 5.91 Å². The largest absolute Gasteiger partial charge is 0.349 e. The molecular weight excluding hydrogens is 212 g/mol. The summed E-state index contributed by atoms with van der Waals surface area (Å²) in [6.45, 7) is 4.78.